The highest BCUT2D eigenvalue weighted by Crippen LogP contribution is 2.71. The van der Waals surface area contributed by atoms with E-state index in [1.807, 2.05) is 13.8 Å². The van der Waals surface area contributed by atoms with E-state index in [2.05, 4.69) is 0 Å². The van der Waals surface area contributed by atoms with Crippen LogP contribution in [0.2, 0.25) is 0 Å². The molecule has 6 nitrogen and oxygen atoms in total. The number of hydrogen-bond donors (Lipinski definition) is 2. The molecule has 0 aromatic rings. The molecule has 0 heterocycles. The van der Waals surface area contributed by atoms with E-state index in [0.717, 1.165) is 0 Å². The monoisotopic (exact) mass is 496 g/mol. The number of esters is 1. The lowest BCUT2D eigenvalue weighted by atomic mass is 9.47. The number of carbonyl (C=O) groups is 3. The normalized spacial score (nSPS) is 46.0. The van der Waals surface area contributed by atoms with E-state index in [0.29, 0.717) is 12.0 Å². The molecule has 33 heavy (non-hydrogen) atoms. The molecule has 0 spiro atoms. The van der Waals surface area contributed by atoms with Crippen LogP contribution in [-0.4, -0.2) is 50.2 Å². The predicted molar refractivity (Wildman–Crippen MR) is 124 cm³/mol. The van der Waals surface area contributed by atoms with Crippen molar-refractivity contribution in [2.24, 2.45) is 28.6 Å². The zero-order valence-electron chi connectivity index (χ0n) is 19.2. The summed E-state index contributed by atoms with van der Waals surface area (Å²) in [6.07, 6.45) is 7.27. The van der Waals surface area contributed by atoms with Crippen molar-refractivity contribution in [1.82, 2.24) is 0 Å². The van der Waals surface area contributed by atoms with Crippen LogP contribution in [0.15, 0.2) is 35.6 Å². The van der Waals surface area contributed by atoms with E-state index in [1.165, 1.54) is 12.2 Å². The van der Waals surface area contributed by atoms with E-state index in [-0.39, 0.29) is 30.3 Å². The SMILES string of the molecule is CCC(=O)OC1=C[C@H]2[C@@H]3CC(C)[C@](O)(C(=O)CO)[C@@]3(C)CC(Cl)[C@]2(Cl)[C@@]2(C)C=CC(=O)C=C12. The smallest absolute Gasteiger partial charge is 0.310 e. The molecule has 0 radical (unpaired) electrons. The minimum atomic E-state index is -1.76. The van der Waals surface area contributed by atoms with Crippen LogP contribution in [-0.2, 0) is 19.1 Å². The Bertz CT molecular complexity index is 1020. The third kappa shape index (κ3) is 2.97. The molecule has 0 aromatic carbocycles. The van der Waals surface area contributed by atoms with Crippen LogP contribution in [0.1, 0.15) is 47.0 Å². The number of rotatable bonds is 4. The van der Waals surface area contributed by atoms with E-state index >= 15 is 0 Å². The minimum absolute atomic E-state index is 0.156. The van der Waals surface area contributed by atoms with Crippen molar-refractivity contribution >= 4 is 40.7 Å². The van der Waals surface area contributed by atoms with Gasteiger partial charge in [-0.2, -0.15) is 0 Å². The Morgan fingerprint density at radius 1 is 1.30 bits per heavy atom. The number of halogens is 2. The maximum atomic E-state index is 12.8. The summed E-state index contributed by atoms with van der Waals surface area (Å²) in [5, 5.41) is 20.6. The summed E-state index contributed by atoms with van der Waals surface area (Å²) in [6, 6.07) is 0. The van der Waals surface area contributed by atoms with Crippen LogP contribution in [0, 0.1) is 28.6 Å². The first kappa shape index (κ1) is 24.6. The Balaban J connectivity index is 1.94. The largest absolute Gasteiger partial charge is 0.427 e. The maximum absolute atomic E-state index is 12.8. The molecule has 4 aliphatic rings. The Morgan fingerprint density at radius 3 is 2.58 bits per heavy atom. The second-order valence-electron chi connectivity index (χ2n) is 10.3. The number of alkyl halides is 2. The molecule has 0 amide bonds. The lowest BCUT2D eigenvalue weighted by Gasteiger charge is -2.62. The first-order chi connectivity index (χ1) is 15.3. The van der Waals surface area contributed by atoms with Crippen molar-refractivity contribution in [1.29, 1.82) is 0 Å². The van der Waals surface area contributed by atoms with Crippen LogP contribution in [0.25, 0.3) is 0 Å². The van der Waals surface area contributed by atoms with Crippen molar-refractivity contribution < 1.29 is 29.3 Å². The van der Waals surface area contributed by atoms with Crippen molar-refractivity contribution in [2.45, 2.75) is 62.8 Å². The van der Waals surface area contributed by atoms with Gasteiger partial charge >= 0.3 is 5.97 Å². The van der Waals surface area contributed by atoms with Gasteiger partial charge in [0.15, 0.2) is 11.6 Å². The molecule has 0 aliphatic heterocycles. The topological polar surface area (TPSA) is 101 Å². The predicted octanol–water partition coefficient (Wildman–Crippen LogP) is 3.47. The Morgan fingerprint density at radius 2 is 1.97 bits per heavy atom. The van der Waals surface area contributed by atoms with Crippen LogP contribution < -0.4 is 0 Å². The van der Waals surface area contributed by atoms with Gasteiger partial charge in [-0.25, -0.2) is 0 Å². The summed E-state index contributed by atoms with van der Waals surface area (Å²) in [7, 11) is 0. The molecule has 8 heteroatoms. The standard InChI is InChI=1S/C25H30Cl2O6/c1-5-21(31)33-18-10-16-15-8-13(2)25(32,20(30)12-28)23(15,4)11-19(26)24(16,27)22(3)7-6-14(29)9-17(18)22/h6-7,9-10,13,15-16,19,28,32H,5,8,11-12H2,1-4H3/t13?,15-,16-,19?,22-,23-,24-,25-/m0/s1. The fourth-order valence-corrected chi connectivity index (χ4v) is 8.18. The molecule has 180 valence electrons. The fraction of sp³-hybridized carbons (Fsp3) is 0.640. The highest BCUT2D eigenvalue weighted by atomic mass is 35.5. The van der Waals surface area contributed by atoms with Gasteiger partial charge in [0.2, 0.25) is 0 Å². The zero-order chi connectivity index (χ0) is 24.6. The molecular formula is C25H30Cl2O6. The van der Waals surface area contributed by atoms with Crippen molar-refractivity contribution in [3.8, 4) is 0 Å². The van der Waals surface area contributed by atoms with Gasteiger partial charge in [-0.3, -0.25) is 14.4 Å². The Labute approximate surface area is 203 Å². The molecule has 0 saturated heterocycles. The molecule has 4 rings (SSSR count). The number of fused-ring (bicyclic) bond motifs is 5. The van der Waals surface area contributed by atoms with E-state index in [9.17, 15) is 24.6 Å². The molecular weight excluding hydrogens is 467 g/mol. The third-order valence-electron chi connectivity index (χ3n) is 8.89. The lowest BCUT2D eigenvalue weighted by molar-refractivity contribution is -0.165. The molecule has 4 aliphatic carbocycles. The number of carbonyl (C=O) groups excluding carboxylic acids is 3. The molecule has 0 bridgehead atoms. The highest BCUT2D eigenvalue weighted by molar-refractivity contribution is 6.34. The van der Waals surface area contributed by atoms with Gasteiger partial charge < -0.3 is 14.9 Å². The zero-order valence-corrected chi connectivity index (χ0v) is 20.7. The van der Waals surface area contributed by atoms with Crippen molar-refractivity contribution in [3.63, 3.8) is 0 Å². The second-order valence-corrected chi connectivity index (χ2v) is 11.5. The highest BCUT2D eigenvalue weighted by Gasteiger charge is 2.74. The number of allylic oxidation sites excluding steroid dienone is 5. The summed E-state index contributed by atoms with van der Waals surface area (Å²) < 4.78 is 5.68. The molecule has 2 fully saturated rings. The number of ether oxygens (including phenoxy) is 1. The summed E-state index contributed by atoms with van der Waals surface area (Å²) in [4.78, 5) is 36.2. The van der Waals surface area contributed by atoms with Gasteiger partial charge in [-0.15, -0.1) is 23.2 Å². The van der Waals surface area contributed by atoms with Crippen molar-refractivity contribution in [3.05, 3.63) is 35.6 Å². The maximum Gasteiger partial charge on any atom is 0.310 e. The first-order valence-electron chi connectivity index (χ1n) is 11.4. The molecule has 8 atom stereocenters. The van der Waals surface area contributed by atoms with Crippen LogP contribution >= 0.6 is 23.2 Å². The van der Waals surface area contributed by atoms with E-state index in [1.54, 1.807) is 26.0 Å². The summed E-state index contributed by atoms with van der Waals surface area (Å²) >= 11 is 14.5. The van der Waals surface area contributed by atoms with Crippen molar-refractivity contribution in [2.75, 3.05) is 6.61 Å². The van der Waals surface area contributed by atoms with Gasteiger partial charge in [-0.1, -0.05) is 33.8 Å². The van der Waals surface area contributed by atoms with E-state index < -0.39 is 56.9 Å². The molecule has 2 saturated carbocycles. The van der Waals surface area contributed by atoms with E-state index in [4.69, 9.17) is 27.9 Å². The summed E-state index contributed by atoms with van der Waals surface area (Å²) in [6.45, 7) is 6.43. The quantitative estimate of drug-likeness (QED) is 0.456. The fourth-order valence-electron chi connectivity index (χ4n) is 7.03. The Hall–Kier alpha value is -1.47. The molecule has 2 N–H and O–H groups in total. The van der Waals surface area contributed by atoms with Gasteiger partial charge in [0.1, 0.15) is 18.0 Å². The Kier molecular flexibility index (Phi) is 5.80. The summed E-state index contributed by atoms with van der Waals surface area (Å²) in [5.41, 5.74) is -3.14. The second kappa shape index (κ2) is 7.77. The number of hydrogen-bond acceptors (Lipinski definition) is 6. The van der Waals surface area contributed by atoms with Gasteiger partial charge in [0, 0.05) is 28.7 Å². The number of Topliss-reactive ketones (excluding diaryl/α,β-unsaturated/α-hetero) is 1. The van der Waals surface area contributed by atoms with Gasteiger partial charge in [0.25, 0.3) is 0 Å². The lowest BCUT2D eigenvalue weighted by Crippen LogP contribution is -2.67. The average molecular weight is 497 g/mol. The number of ketones is 2. The first-order valence-corrected chi connectivity index (χ1v) is 12.2. The molecule has 0 aromatic heterocycles. The van der Waals surface area contributed by atoms with Crippen LogP contribution in [0.4, 0.5) is 0 Å². The number of aliphatic hydroxyl groups is 2. The average Bonchev–Trinajstić information content (AvgIpc) is 2.97. The van der Waals surface area contributed by atoms with Gasteiger partial charge in [0.05, 0.1) is 10.3 Å². The summed E-state index contributed by atoms with van der Waals surface area (Å²) in [5.74, 6) is -2.21. The third-order valence-corrected chi connectivity index (χ3v) is 10.4. The van der Waals surface area contributed by atoms with Crippen LogP contribution in [0.3, 0.4) is 0 Å². The minimum Gasteiger partial charge on any atom is -0.427 e. The van der Waals surface area contributed by atoms with Gasteiger partial charge in [-0.05, 0) is 42.9 Å². The number of aliphatic hydroxyl groups excluding tert-OH is 1. The van der Waals surface area contributed by atoms with Crippen LogP contribution in [0.5, 0.6) is 0 Å². The molecule has 2 unspecified atom stereocenters.